The Kier molecular flexibility index (Phi) is 3.45. The SMILES string of the molecule is CC(C)(C)Oc1nc(NC2CC=CC2)ccc1N. The van der Waals surface area contributed by atoms with Gasteiger partial charge in [0.1, 0.15) is 11.4 Å². The standard InChI is InChI=1S/C14H21N3O/c1-14(2,3)18-13-11(15)8-9-12(17-13)16-10-6-4-5-7-10/h4-5,8-10H,6-7,15H2,1-3H3,(H,16,17). The summed E-state index contributed by atoms with van der Waals surface area (Å²) < 4.78 is 5.75. The molecule has 1 heterocycles. The summed E-state index contributed by atoms with van der Waals surface area (Å²) in [5.41, 5.74) is 6.15. The first-order valence-electron chi connectivity index (χ1n) is 6.31. The fraction of sp³-hybridized carbons (Fsp3) is 0.500. The summed E-state index contributed by atoms with van der Waals surface area (Å²) in [6, 6.07) is 4.16. The lowest BCUT2D eigenvalue weighted by Gasteiger charge is -2.22. The Morgan fingerprint density at radius 2 is 1.94 bits per heavy atom. The van der Waals surface area contributed by atoms with Gasteiger partial charge in [-0.25, -0.2) is 0 Å². The molecule has 0 aromatic carbocycles. The highest BCUT2D eigenvalue weighted by Gasteiger charge is 2.16. The van der Waals surface area contributed by atoms with Gasteiger partial charge in [0.2, 0.25) is 5.88 Å². The molecule has 0 bridgehead atoms. The van der Waals surface area contributed by atoms with E-state index in [1.165, 1.54) is 0 Å². The second-order valence-electron chi connectivity index (χ2n) is 5.59. The molecule has 0 spiro atoms. The van der Waals surface area contributed by atoms with Gasteiger partial charge in [0.25, 0.3) is 0 Å². The molecule has 1 aliphatic carbocycles. The van der Waals surface area contributed by atoms with Crippen molar-refractivity contribution >= 4 is 11.5 Å². The van der Waals surface area contributed by atoms with Gasteiger partial charge in [0.05, 0.1) is 5.69 Å². The molecule has 0 fully saturated rings. The second kappa shape index (κ2) is 4.88. The molecule has 98 valence electrons. The first-order valence-corrected chi connectivity index (χ1v) is 6.31. The van der Waals surface area contributed by atoms with Crippen molar-refractivity contribution in [3.05, 3.63) is 24.3 Å². The van der Waals surface area contributed by atoms with Crippen LogP contribution in [-0.4, -0.2) is 16.6 Å². The van der Waals surface area contributed by atoms with Crippen LogP contribution in [0, 0.1) is 0 Å². The Hall–Kier alpha value is -1.71. The normalized spacial score (nSPS) is 15.9. The van der Waals surface area contributed by atoms with E-state index in [0.29, 0.717) is 17.6 Å². The van der Waals surface area contributed by atoms with E-state index in [1.807, 2.05) is 32.9 Å². The number of ether oxygens (including phenoxy) is 1. The Morgan fingerprint density at radius 1 is 1.28 bits per heavy atom. The van der Waals surface area contributed by atoms with E-state index in [-0.39, 0.29) is 5.60 Å². The third-order valence-corrected chi connectivity index (χ3v) is 2.65. The fourth-order valence-corrected chi connectivity index (χ4v) is 1.85. The molecule has 0 saturated carbocycles. The third-order valence-electron chi connectivity index (χ3n) is 2.65. The van der Waals surface area contributed by atoms with Gasteiger partial charge in [0.15, 0.2) is 0 Å². The zero-order chi connectivity index (χ0) is 13.2. The topological polar surface area (TPSA) is 60.2 Å². The quantitative estimate of drug-likeness (QED) is 0.806. The van der Waals surface area contributed by atoms with E-state index < -0.39 is 0 Å². The van der Waals surface area contributed by atoms with Crippen LogP contribution in [0.2, 0.25) is 0 Å². The molecule has 2 rings (SSSR count). The predicted molar refractivity (Wildman–Crippen MR) is 74.8 cm³/mol. The number of rotatable bonds is 3. The predicted octanol–water partition coefficient (Wildman–Crippen LogP) is 2.97. The van der Waals surface area contributed by atoms with Crippen LogP contribution in [0.3, 0.4) is 0 Å². The van der Waals surface area contributed by atoms with Crippen LogP contribution in [0.5, 0.6) is 5.88 Å². The summed E-state index contributed by atoms with van der Waals surface area (Å²) >= 11 is 0. The van der Waals surface area contributed by atoms with Gasteiger partial charge >= 0.3 is 0 Å². The molecule has 1 aromatic rings. The van der Waals surface area contributed by atoms with Crippen molar-refractivity contribution in [2.75, 3.05) is 11.1 Å². The zero-order valence-corrected chi connectivity index (χ0v) is 11.2. The molecular formula is C14H21N3O. The van der Waals surface area contributed by atoms with Crippen molar-refractivity contribution in [3.63, 3.8) is 0 Å². The molecule has 4 nitrogen and oxygen atoms in total. The largest absolute Gasteiger partial charge is 0.470 e. The second-order valence-corrected chi connectivity index (χ2v) is 5.59. The molecular weight excluding hydrogens is 226 g/mol. The van der Waals surface area contributed by atoms with Gasteiger partial charge in [-0.15, -0.1) is 0 Å². The van der Waals surface area contributed by atoms with E-state index in [2.05, 4.69) is 22.5 Å². The summed E-state index contributed by atoms with van der Waals surface area (Å²) in [5, 5.41) is 3.39. The van der Waals surface area contributed by atoms with Crippen LogP contribution in [0.25, 0.3) is 0 Å². The molecule has 0 saturated heterocycles. The van der Waals surface area contributed by atoms with Crippen LogP contribution in [0.15, 0.2) is 24.3 Å². The number of hydrogen-bond acceptors (Lipinski definition) is 4. The highest BCUT2D eigenvalue weighted by molar-refractivity contribution is 5.54. The van der Waals surface area contributed by atoms with Crippen molar-refractivity contribution in [1.29, 1.82) is 0 Å². The maximum absolute atomic E-state index is 5.88. The number of nitrogens with two attached hydrogens (primary N) is 1. The Labute approximate surface area is 108 Å². The Morgan fingerprint density at radius 3 is 2.56 bits per heavy atom. The minimum absolute atomic E-state index is 0.297. The monoisotopic (exact) mass is 247 g/mol. The summed E-state index contributed by atoms with van der Waals surface area (Å²) in [7, 11) is 0. The molecule has 3 N–H and O–H groups in total. The molecule has 1 aliphatic rings. The van der Waals surface area contributed by atoms with E-state index in [1.54, 1.807) is 0 Å². The van der Waals surface area contributed by atoms with Gasteiger partial charge in [-0.1, -0.05) is 12.2 Å². The Bertz CT molecular complexity index is 441. The van der Waals surface area contributed by atoms with Crippen molar-refractivity contribution in [3.8, 4) is 5.88 Å². The first-order chi connectivity index (χ1) is 8.44. The van der Waals surface area contributed by atoms with Crippen molar-refractivity contribution in [2.24, 2.45) is 0 Å². The van der Waals surface area contributed by atoms with Crippen LogP contribution in [0.1, 0.15) is 33.6 Å². The maximum atomic E-state index is 5.88. The number of nitrogens with one attached hydrogen (secondary N) is 1. The van der Waals surface area contributed by atoms with Crippen LogP contribution < -0.4 is 15.8 Å². The van der Waals surface area contributed by atoms with Crippen molar-refractivity contribution in [1.82, 2.24) is 4.98 Å². The van der Waals surface area contributed by atoms with Gasteiger partial charge in [-0.05, 0) is 45.7 Å². The summed E-state index contributed by atoms with van der Waals surface area (Å²) in [6.07, 6.45) is 6.45. The summed E-state index contributed by atoms with van der Waals surface area (Å²) in [5.74, 6) is 1.32. The number of hydrogen-bond donors (Lipinski definition) is 2. The molecule has 1 aromatic heterocycles. The number of nitrogens with zero attached hydrogens (tertiary/aromatic N) is 1. The average Bonchev–Trinajstić information content (AvgIpc) is 2.74. The number of nitrogen functional groups attached to an aromatic ring is 1. The first kappa shape index (κ1) is 12.7. The van der Waals surface area contributed by atoms with E-state index in [9.17, 15) is 0 Å². The lowest BCUT2D eigenvalue weighted by molar-refractivity contribution is 0.125. The van der Waals surface area contributed by atoms with E-state index in [4.69, 9.17) is 10.5 Å². The van der Waals surface area contributed by atoms with Crippen LogP contribution in [-0.2, 0) is 0 Å². The lowest BCUT2D eigenvalue weighted by Crippen LogP contribution is -2.24. The number of anilines is 2. The number of aromatic nitrogens is 1. The maximum Gasteiger partial charge on any atom is 0.239 e. The Balaban J connectivity index is 2.10. The van der Waals surface area contributed by atoms with Gasteiger partial charge in [-0.2, -0.15) is 4.98 Å². The molecule has 18 heavy (non-hydrogen) atoms. The third kappa shape index (κ3) is 3.39. The minimum atomic E-state index is -0.297. The highest BCUT2D eigenvalue weighted by Crippen LogP contribution is 2.26. The minimum Gasteiger partial charge on any atom is -0.470 e. The van der Waals surface area contributed by atoms with Crippen molar-refractivity contribution in [2.45, 2.75) is 45.3 Å². The van der Waals surface area contributed by atoms with Crippen LogP contribution >= 0.6 is 0 Å². The van der Waals surface area contributed by atoms with Gasteiger partial charge in [-0.3, -0.25) is 0 Å². The molecule has 0 atom stereocenters. The highest BCUT2D eigenvalue weighted by atomic mass is 16.5. The molecule has 0 aliphatic heterocycles. The smallest absolute Gasteiger partial charge is 0.239 e. The molecule has 0 unspecified atom stereocenters. The zero-order valence-electron chi connectivity index (χ0n) is 11.2. The summed E-state index contributed by atoms with van der Waals surface area (Å²) in [4.78, 5) is 4.44. The van der Waals surface area contributed by atoms with E-state index >= 15 is 0 Å². The van der Waals surface area contributed by atoms with Gasteiger partial charge in [0, 0.05) is 6.04 Å². The molecule has 4 heteroatoms. The lowest BCUT2D eigenvalue weighted by atomic mass is 10.2. The summed E-state index contributed by atoms with van der Waals surface area (Å²) in [6.45, 7) is 5.94. The molecule has 0 amide bonds. The van der Waals surface area contributed by atoms with Crippen molar-refractivity contribution < 1.29 is 4.74 Å². The van der Waals surface area contributed by atoms with E-state index in [0.717, 1.165) is 18.7 Å². The number of pyridine rings is 1. The molecule has 0 radical (unpaired) electrons. The van der Waals surface area contributed by atoms with Gasteiger partial charge < -0.3 is 15.8 Å². The average molecular weight is 247 g/mol. The van der Waals surface area contributed by atoms with Crippen LogP contribution in [0.4, 0.5) is 11.5 Å². The fourth-order valence-electron chi connectivity index (χ4n) is 1.85.